The van der Waals surface area contributed by atoms with Gasteiger partial charge in [0.2, 0.25) is 0 Å². The summed E-state index contributed by atoms with van der Waals surface area (Å²) in [5, 5.41) is 8.71. The number of rotatable bonds is 7. The van der Waals surface area contributed by atoms with Gasteiger partial charge in [-0.15, -0.1) is 0 Å². The van der Waals surface area contributed by atoms with Crippen molar-refractivity contribution < 1.29 is 36.6 Å². The van der Waals surface area contributed by atoms with Crippen molar-refractivity contribution in [3.8, 4) is 5.75 Å². The summed E-state index contributed by atoms with van der Waals surface area (Å²) >= 11 is 0. The molecule has 2 aliphatic carbocycles. The van der Waals surface area contributed by atoms with Crippen molar-refractivity contribution in [2.75, 3.05) is 6.61 Å². The molecule has 8 heteroatoms. The fourth-order valence-electron chi connectivity index (χ4n) is 4.28. The van der Waals surface area contributed by atoms with Gasteiger partial charge in [0.05, 0.1) is 5.56 Å². The molecule has 0 radical (unpaired) electrons. The molecule has 1 fully saturated rings. The summed E-state index contributed by atoms with van der Waals surface area (Å²) in [6.45, 7) is -0.160. The molecule has 0 spiro atoms. The van der Waals surface area contributed by atoms with Gasteiger partial charge in [-0.25, -0.2) is 8.78 Å². The lowest BCUT2D eigenvalue weighted by Gasteiger charge is -2.16. The second-order valence-corrected chi connectivity index (χ2v) is 7.82. The van der Waals surface area contributed by atoms with Gasteiger partial charge in [-0.3, -0.25) is 4.79 Å². The van der Waals surface area contributed by atoms with Crippen LogP contribution in [0.2, 0.25) is 0 Å². The fraction of sp³-hybridized carbons (Fsp3) is 0.571. The molecule has 0 unspecified atom stereocenters. The molecule has 0 heterocycles. The highest BCUT2D eigenvalue weighted by Crippen LogP contribution is 2.46. The topological polar surface area (TPSA) is 46.5 Å². The second-order valence-electron chi connectivity index (χ2n) is 7.82. The Kier molecular flexibility index (Phi) is 6.19. The average Bonchev–Trinajstić information content (AvgIpc) is 3.24. The van der Waals surface area contributed by atoms with E-state index >= 15 is 0 Å². The van der Waals surface area contributed by atoms with E-state index in [0.29, 0.717) is 11.1 Å². The van der Waals surface area contributed by atoms with Crippen LogP contribution >= 0.6 is 0 Å². The van der Waals surface area contributed by atoms with E-state index < -0.39 is 36.5 Å². The number of aryl methyl sites for hydroxylation is 1. The number of hydrogen-bond donors (Lipinski definition) is 1. The van der Waals surface area contributed by atoms with Gasteiger partial charge in [0.15, 0.2) is 0 Å². The third-order valence-corrected chi connectivity index (χ3v) is 5.63. The Morgan fingerprint density at radius 1 is 1.17 bits per heavy atom. The Bertz CT molecular complexity index is 792. The number of carbonyl (C=O) groups is 1. The molecule has 3 rings (SSSR count). The van der Waals surface area contributed by atoms with E-state index in [9.17, 15) is 26.7 Å². The molecule has 2 aliphatic rings. The van der Waals surface area contributed by atoms with Crippen molar-refractivity contribution in [1.82, 2.24) is 0 Å². The summed E-state index contributed by atoms with van der Waals surface area (Å²) in [7, 11) is 0. The standard InChI is InChI=1S/C21H23F5O3/c22-20(23)10-15(17(11-20)13-3-1-2-4-13)12-29-16-7-5-14(6-8-19(27)28)18(9-16)21(24,25)26/h5,7,9,13H,1-4,6,8,10-12H2,(H,27,28). The summed E-state index contributed by atoms with van der Waals surface area (Å²) in [6.07, 6.45) is -2.32. The first kappa shape index (κ1) is 21.6. The monoisotopic (exact) mass is 418 g/mol. The van der Waals surface area contributed by atoms with Crippen LogP contribution in [0.3, 0.4) is 0 Å². The molecular weight excluding hydrogens is 395 g/mol. The Balaban J connectivity index is 1.77. The van der Waals surface area contributed by atoms with E-state index in [-0.39, 0.29) is 36.7 Å². The number of halogens is 5. The van der Waals surface area contributed by atoms with E-state index in [2.05, 4.69) is 0 Å². The van der Waals surface area contributed by atoms with Crippen molar-refractivity contribution in [2.45, 2.75) is 63.5 Å². The summed E-state index contributed by atoms with van der Waals surface area (Å²) in [6, 6.07) is 3.34. The number of carboxylic acids is 1. The number of allylic oxidation sites excluding steroid dienone is 1. The maximum Gasteiger partial charge on any atom is 0.416 e. The molecule has 29 heavy (non-hydrogen) atoms. The molecule has 0 atom stereocenters. The average molecular weight is 418 g/mol. The number of carboxylic acid groups (broad SMARTS) is 1. The van der Waals surface area contributed by atoms with Gasteiger partial charge < -0.3 is 9.84 Å². The van der Waals surface area contributed by atoms with Crippen molar-refractivity contribution in [1.29, 1.82) is 0 Å². The molecular formula is C21H23F5O3. The smallest absolute Gasteiger partial charge is 0.416 e. The highest BCUT2D eigenvalue weighted by molar-refractivity contribution is 5.67. The Labute approximate surface area is 165 Å². The van der Waals surface area contributed by atoms with E-state index in [1.165, 1.54) is 12.1 Å². The molecule has 1 aromatic carbocycles. The Hall–Kier alpha value is -2.12. The van der Waals surface area contributed by atoms with Crippen molar-refractivity contribution >= 4 is 5.97 Å². The lowest BCUT2D eigenvalue weighted by Crippen LogP contribution is -2.13. The molecule has 0 bridgehead atoms. The van der Waals surface area contributed by atoms with E-state index in [0.717, 1.165) is 31.7 Å². The molecule has 160 valence electrons. The van der Waals surface area contributed by atoms with Crippen LogP contribution in [0.15, 0.2) is 29.3 Å². The number of alkyl halides is 5. The lowest BCUT2D eigenvalue weighted by molar-refractivity contribution is -0.140. The highest BCUT2D eigenvalue weighted by Gasteiger charge is 2.42. The van der Waals surface area contributed by atoms with Gasteiger partial charge in [0, 0.05) is 19.3 Å². The molecule has 0 aromatic heterocycles. The molecule has 3 nitrogen and oxygen atoms in total. The zero-order chi connectivity index (χ0) is 21.2. The Morgan fingerprint density at radius 3 is 2.48 bits per heavy atom. The van der Waals surface area contributed by atoms with Crippen LogP contribution in [0, 0.1) is 5.92 Å². The van der Waals surface area contributed by atoms with Gasteiger partial charge in [0.25, 0.3) is 5.92 Å². The van der Waals surface area contributed by atoms with Gasteiger partial charge in [0.1, 0.15) is 12.4 Å². The predicted octanol–water partition coefficient (Wildman–Crippen LogP) is 6.02. The number of hydrogen-bond acceptors (Lipinski definition) is 2. The highest BCUT2D eigenvalue weighted by atomic mass is 19.4. The van der Waals surface area contributed by atoms with Gasteiger partial charge in [-0.05, 0) is 48.4 Å². The Morgan fingerprint density at radius 2 is 1.86 bits per heavy atom. The minimum absolute atomic E-state index is 0.0649. The fourth-order valence-corrected chi connectivity index (χ4v) is 4.28. The van der Waals surface area contributed by atoms with Crippen LogP contribution < -0.4 is 4.74 Å². The lowest BCUT2D eigenvalue weighted by atomic mass is 9.94. The van der Waals surface area contributed by atoms with E-state index in [1.54, 1.807) is 0 Å². The minimum Gasteiger partial charge on any atom is -0.489 e. The molecule has 1 N–H and O–H groups in total. The quantitative estimate of drug-likeness (QED) is 0.435. The van der Waals surface area contributed by atoms with Crippen LogP contribution in [-0.4, -0.2) is 23.6 Å². The number of aliphatic carboxylic acids is 1. The van der Waals surface area contributed by atoms with Crippen LogP contribution in [0.4, 0.5) is 22.0 Å². The first-order valence-electron chi connectivity index (χ1n) is 9.68. The normalized spacial score (nSPS) is 19.8. The predicted molar refractivity (Wildman–Crippen MR) is 96.1 cm³/mol. The molecule has 1 aromatic rings. The summed E-state index contributed by atoms with van der Waals surface area (Å²) < 4.78 is 73.4. The zero-order valence-corrected chi connectivity index (χ0v) is 15.8. The molecule has 1 saturated carbocycles. The summed E-state index contributed by atoms with van der Waals surface area (Å²) in [5.41, 5.74) is 0.107. The number of ether oxygens (including phenoxy) is 1. The van der Waals surface area contributed by atoms with Crippen molar-refractivity contribution in [3.05, 3.63) is 40.5 Å². The SMILES string of the molecule is O=C(O)CCc1ccc(OCC2=C(C3CCCC3)CC(F)(F)C2)cc1C(F)(F)F. The minimum atomic E-state index is -4.66. The molecule has 0 saturated heterocycles. The maximum atomic E-state index is 14.0. The van der Waals surface area contributed by atoms with Crippen LogP contribution in [0.5, 0.6) is 5.75 Å². The maximum absolute atomic E-state index is 14.0. The first-order valence-corrected chi connectivity index (χ1v) is 9.68. The molecule has 0 aliphatic heterocycles. The van der Waals surface area contributed by atoms with Gasteiger partial charge >= 0.3 is 12.1 Å². The third-order valence-electron chi connectivity index (χ3n) is 5.63. The zero-order valence-electron chi connectivity index (χ0n) is 15.8. The summed E-state index contributed by atoms with van der Waals surface area (Å²) in [4.78, 5) is 10.7. The van der Waals surface area contributed by atoms with Crippen LogP contribution in [-0.2, 0) is 17.4 Å². The van der Waals surface area contributed by atoms with Crippen LogP contribution in [0.25, 0.3) is 0 Å². The summed E-state index contributed by atoms with van der Waals surface area (Å²) in [5.74, 6) is -3.96. The van der Waals surface area contributed by atoms with Gasteiger partial charge in [-0.2, -0.15) is 13.2 Å². The van der Waals surface area contributed by atoms with Crippen molar-refractivity contribution in [3.63, 3.8) is 0 Å². The number of benzene rings is 1. The first-order chi connectivity index (χ1) is 13.5. The van der Waals surface area contributed by atoms with Gasteiger partial charge in [-0.1, -0.05) is 24.5 Å². The van der Waals surface area contributed by atoms with E-state index in [1.807, 2.05) is 0 Å². The van der Waals surface area contributed by atoms with E-state index in [4.69, 9.17) is 9.84 Å². The molecule has 0 amide bonds. The van der Waals surface area contributed by atoms with Crippen LogP contribution in [0.1, 0.15) is 56.1 Å². The largest absolute Gasteiger partial charge is 0.489 e. The third kappa shape index (κ3) is 5.48. The second kappa shape index (κ2) is 8.32. The van der Waals surface area contributed by atoms with Crippen molar-refractivity contribution in [2.24, 2.45) is 5.92 Å².